The van der Waals surface area contributed by atoms with Crippen LogP contribution in [0.2, 0.25) is 5.02 Å². The summed E-state index contributed by atoms with van der Waals surface area (Å²) in [7, 11) is 0. The minimum Gasteiger partial charge on any atom is -0.466 e. The maximum Gasteiger partial charge on any atom is 0.302 e. The Hall–Kier alpha value is -2.01. The van der Waals surface area contributed by atoms with Gasteiger partial charge in [0.05, 0.1) is 6.61 Å². The number of halogens is 1. The average molecular weight is 543 g/mol. The van der Waals surface area contributed by atoms with Crippen LogP contribution in [0.5, 0.6) is 0 Å². The molecule has 0 N–H and O–H groups in total. The molecule has 6 heteroatoms. The van der Waals surface area contributed by atoms with Crippen molar-refractivity contribution in [2.75, 3.05) is 37.7 Å². The third-order valence-electron chi connectivity index (χ3n) is 10.1. The van der Waals surface area contributed by atoms with Crippen LogP contribution in [0, 0.1) is 28.6 Å². The second-order valence-corrected chi connectivity index (χ2v) is 13.1. The number of anilines is 1. The van der Waals surface area contributed by atoms with E-state index in [4.69, 9.17) is 16.3 Å². The van der Waals surface area contributed by atoms with Crippen LogP contribution in [0.3, 0.4) is 0 Å². The molecule has 1 amide bonds. The highest BCUT2D eigenvalue weighted by Gasteiger charge is 2.57. The molecule has 1 aromatic carbocycles. The van der Waals surface area contributed by atoms with E-state index in [2.05, 4.69) is 49.3 Å². The van der Waals surface area contributed by atoms with E-state index >= 15 is 0 Å². The number of esters is 1. The molecule has 0 radical (unpaired) electrons. The lowest BCUT2D eigenvalue weighted by molar-refractivity contribution is -0.157. The van der Waals surface area contributed by atoms with Crippen LogP contribution in [0.1, 0.15) is 79.1 Å². The molecule has 3 aliphatic rings. The highest BCUT2D eigenvalue weighted by atomic mass is 35.5. The van der Waals surface area contributed by atoms with Crippen molar-refractivity contribution in [3.63, 3.8) is 0 Å². The SMILES string of the molecule is C=C1CCC2[C@](C)(CCC[C@]2(C)C(=O)N2CCN(c3ccc(Cl)cc3)CC2)[C@H]1CC[C@H](C)CCOC(C)=O. The van der Waals surface area contributed by atoms with Gasteiger partial charge in [-0.1, -0.05) is 50.9 Å². The van der Waals surface area contributed by atoms with Gasteiger partial charge in [0.2, 0.25) is 5.91 Å². The molecule has 0 bridgehead atoms. The van der Waals surface area contributed by atoms with Crippen molar-refractivity contribution in [1.82, 2.24) is 4.90 Å². The van der Waals surface area contributed by atoms with E-state index in [1.165, 1.54) is 24.6 Å². The van der Waals surface area contributed by atoms with E-state index in [9.17, 15) is 9.59 Å². The van der Waals surface area contributed by atoms with E-state index in [-0.39, 0.29) is 16.8 Å². The maximum atomic E-state index is 14.2. The van der Waals surface area contributed by atoms with Crippen molar-refractivity contribution < 1.29 is 14.3 Å². The van der Waals surface area contributed by atoms with Crippen molar-refractivity contribution in [1.29, 1.82) is 0 Å². The summed E-state index contributed by atoms with van der Waals surface area (Å²) in [6.07, 6.45) is 8.48. The molecule has 2 saturated carbocycles. The van der Waals surface area contributed by atoms with Crippen LogP contribution in [0.15, 0.2) is 36.4 Å². The number of piperazine rings is 1. The first-order valence-corrected chi connectivity index (χ1v) is 15.0. The Balaban J connectivity index is 1.41. The molecule has 3 fully saturated rings. The normalized spacial score (nSPS) is 30.5. The van der Waals surface area contributed by atoms with Gasteiger partial charge in [0, 0.05) is 49.2 Å². The molecule has 5 atom stereocenters. The first-order valence-electron chi connectivity index (χ1n) is 14.7. The Morgan fingerprint density at radius 2 is 1.79 bits per heavy atom. The van der Waals surface area contributed by atoms with Crippen molar-refractivity contribution in [3.8, 4) is 0 Å². The van der Waals surface area contributed by atoms with Crippen molar-refractivity contribution in [3.05, 3.63) is 41.4 Å². The summed E-state index contributed by atoms with van der Waals surface area (Å²) in [6.45, 7) is 16.8. The lowest BCUT2D eigenvalue weighted by Crippen LogP contribution is -2.59. The molecule has 1 heterocycles. The Kier molecular flexibility index (Phi) is 9.17. The van der Waals surface area contributed by atoms with E-state index in [0.717, 1.165) is 76.1 Å². The van der Waals surface area contributed by atoms with Gasteiger partial charge in [-0.05, 0) is 92.4 Å². The largest absolute Gasteiger partial charge is 0.466 e. The van der Waals surface area contributed by atoms with Gasteiger partial charge >= 0.3 is 5.97 Å². The summed E-state index contributed by atoms with van der Waals surface area (Å²) in [4.78, 5) is 29.8. The predicted molar refractivity (Wildman–Crippen MR) is 155 cm³/mol. The van der Waals surface area contributed by atoms with Crippen LogP contribution in [-0.2, 0) is 14.3 Å². The summed E-state index contributed by atoms with van der Waals surface area (Å²) >= 11 is 6.08. The summed E-state index contributed by atoms with van der Waals surface area (Å²) < 4.78 is 5.17. The van der Waals surface area contributed by atoms with Crippen molar-refractivity contribution in [2.45, 2.75) is 79.1 Å². The zero-order valence-electron chi connectivity index (χ0n) is 23.9. The molecule has 0 aromatic heterocycles. The van der Waals surface area contributed by atoms with Gasteiger partial charge in [-0.3, -0.25) is 9.59 Å². The van der Waals surface area contributed by atoms with Gasteiger partial charge in [0.25, 0.3) is 0 Å². The molecule has 38 heavy (non-hydrogen) atoms. The number of rotatable bonds is 8. The quantitative estimate of drug-likeness (QED) is 0.259. The fraction of sp³-hybridized carbons (Fsp3) is 0.688. The maximum absolute atomic E-state index is 14.2. The number of carbonyl (C=O) groups excluding carboxylic acids is 2. The van der Waals surface area contributed by atoms with Crippen molar-refractivity contribution >= 4 is 29.2 Å². The molecular weight excluding hydrogens is 496 g/mol. The van der Waals surface area contributed by atoms with Gasteiger partial charge in [0.1, 0.15) is 0 Å². The van der Waals surface area contributed by atoms with Crippen molar-refractivity contribution in [2.24, 2.45) is 28.6 Å². The second-order valence-electron chi connectivity index (χ2n) is 12.6. The summed E-state index contributed by atoms with van der Waals surface area (Å²) in [5.74, 6) is 1.50. The zero-order chi connectivity index (χ0) is 27.5. The zero-order valence-corrected chi connectivity index (χ0v) is 24.7. The summed E-state index contributed by atoms with van der Waals surface area (Å²) in [5, 5.41) is 0.751. The first-order chi connectivity index (χ1) is 18.0. The number of hydrogen-bond acceptors (Lipinski definition) is 4. The highest BCUT2D eigenvalue weighted by molar-refractivity contribution is 6.30. The number of nitrogens with zero attached hydrogens (tertiary/aromatic N) is 2. The highest BCUT2D eigenvalue weighted by Crippen LogP contribution is 2.62. The molecule has 2 aliphatic carbocycles. The number of allylic oxidation sites excluding steroid dienone is 1. The fourth-order valence-corrected chi connectivity index (χ4v) is 8.04. The number of fused-ring (bicyclic) bond motifs is 1. The monoisotopic (exact) mass is 542 g/mol. The standard InChI is InChI=1S/C32H47ClN2O3/c1-23(15-22-38-25(3)36)7-13-28-24(2)8-14-29-31(28,4)16-6-17-32(29,5)30(37)35-20-18-34(19-21-35)27-11-9-26(33)10-12-27/h9-12,23,28-29H,2,6-8,13-22H2,1,3-5H3/t23-,28-,29?,31+,32-/m0/s1. The number of hydrogen-bond donors (Lipinski definition) is 0. The fourth-order valence-electron chi connectivity index (χ4n) is 7.92. The van der Waals surface area contributed by atoms with E-state index in [1.54, 1.807) is 0 Å². The Labute approximate surface area is 234 Å². The Bertz CT molecular complexity index is 1000. The third-order valence-corrected chi connectivity index (χ3v) is 10.4. The lowest BCUT2D eigenvalue weighted by Gasteiger charge is -2.59. The summed E-state index contributed by atoms with van der Waals surface area (Å²) in [5.41, 5.74) is 2.35. The van der Waals surface area contributed by atoms with E-state index in [0.29, 0.717) is 30.3 Å². The smallest absolute Gasteiger partial charge is 0.302 e. The Morgan fingerprint density at radius 1 is 1.11 bits per heavy atom. The number of benzene rings is 1. The predicted octanol–water partition coefficient (Wildman–Crippen LogP) is 7.14. The van der Waals surface area contributed by atoms with E-state index in [1.807, 2.05) is 12.1 Å². The Morgan fingerprint density at radius 3 is 2.45 bits per heavy atom. The number of ether oxygens (including phenoxy) is 1. The molecule has 1 aromatic rings. The van der Waals surface area contributed by atoms with Crippen LogP contribution >= 0.6 is 11.6 Å². The molecular formula is C32H47ClN2O3. The van der Waals surface area contributed by atoms with E-state index < -0.39 is 0 Å². The van der Waals surface area contributed by atoms with Crippen LogP contribution in [0.4, 0.5) is 5.69 Å². The minimum absolute atomic E-state index is 0.110. The molecule has 1 aliphatic heterocycles. The average Bonchev–Trinajstić information content (AvgIpc) is 2.88. The second kappa shape index (κ2) is 12.0. The molecule has 4 rings (SSSR count). The number of amides is 1. The van der Waals surface area contributed by atoms with Gasteiger partial charge in [-0.2, -0.15) is 0 Å². The van der Waals surface area contributed by atoms with Gasteiger partial charge in [0.15, 0.2) is 0 Å². The van der Waals surface area contributed by atoms with Gasteiger partial charge in [-0.25, -0.2) is 0 Å². The van der Waals surface area contributed by atoms with Gasteiger partial charge < -0.3 is 14.5 Å². The lowest BCUT2D eigenvalue weighted by atomic mass is 9.46. The van der Waals surface area contributed by atoms with Crippen LogP contribution in [-0.4, -0.2) is 49.6 Å². The van der Waals surface area contributed by atoms with Gasteiger partial charge in [-0.15, -0.1) is 0 Å². The third kappa shape index (κ3) is 6.08. The molecule has 5 nitrogen and oxygen atoms in total. The first kappa shape index (κ1) is 29.0. The number of carbonyl (C=O) groups is 2. The topological polar surface area (TPSA) is 49.9 Å². The minimum atomic E-state index is -0.310. The summed E-state index contributed by atoms with van der Waals surface area (Å²) in [6, 6.07) is 8.01. The van der Waals surface area contributed by atoms with Crippen LogP contribution in [0.25, 0.3) is 0 Å². The molecule has 1 saturated heterocycles. The molecule has 0 spiro atoms. The molecule has 1 unspecified atom stereocenters. The van der Waals surface area contributed by atoms with Crippen LogP contribution < -0.4 is 4.90 Å². The molecule has 210 valence electrons.